The van der Waals surface area contributed by atoms with Crippen LogP contribution in [-0.2, 0) is 21.4 Å². The summed E-state index contributed by atoms with van der Waals surface area (Å²) in [7, 11) is 0. The average Bonchev–Trinajstić information content (AvgIpc) is 3.46. The van der Waals surface area contributed by atoms with E-state index in [0.717, 1.165) is 29.7 Å². The number of nitrogens with one attached hydrogen (secondary N) is 3. The zero-order valence-electron chi connectivity index (χ0n) is 26.2. The number of piperazine rings is 1. The van der Waals surface area contributed by atoms with Gasteiger partial charge in [0.1, 0.15) is 5.75 Å². The fourth-order valence-electron chi connectivity index (χ4n) is 6.11. The van der Waals surface area contributed by atoms with E-state index >= 15 is 0 Å². The van der Waals surface area contributed by atoms with Crippen molar-refractivity contribution in [3.63, 3.8) is 0 Å². The predicted molar refractivity (Wildman–Crippen MR) is 175 cm³/mol. The van der Waals surface area contributed by atoms with Crippen molar-refractivity contribution in [3.8, 4) is 5.75 Å². The van der Waals surface area contributed by atoms with Crippen molar-refractivity contribution >= 4 is 35.0 Å². The third-order valence-corrected chi connectivity index (χ3v) is 8.97. The molecule has 2 amide bonds. The molecule has 2 aliphatic heterocycles. The van der Waals surface area contributed by atoms with Crippen molar-refractivity contribution in [3.05, 3.63) is 99.0 Å². The second kappa shape index (κ2) is 14.8. The summed E-state index contributed by atoms with van der Waals surface area (Å²) in [5.74, 6) is -0.512. The number of ether oxygens (including phenoxy) is 1. The first kappa shape index (κ1) is 35.0. The van der Waals surface area contributed by atoms with E-state index in [-0.39, 0.29) is 36.3 Å². The summed E-state index contributed by atoms with van der Waals surface area (Å²) in [5, 5.41) is 11.0. The molecule has 3 aromatic carbocycles. The molecule has 47 heavy (non-hydrogen) atoms. The average molecular weight is 693 g/mol. The van der Waals surface area contributed by atoms with Gasteiger partial charge in [-0.1, -0.05) is 60.5 Å². The first-order valence-corrected chi connectivity index (χ1v) is 16.4. The molecule has 0 radical (unpaired) electrons. The van der Waals surface area contributed by atoms with Gasteiger partial charge in [-0.3, -0.25) is 25.1 Å². The predicted octanol–water partition coefficient (Wildman–Crippen LogP) is 5.91. The number of nitrogens with zero attached hydrogens (tertiary/aromatic N) is 2. The lowest BCUT2D eigenvalue weighted by Gasteiger charge is -2.40. The van der Waals surface area contributed by atoms with Gasteiger partial charge in [-0.2, -0.15) is 13.2 Å². The Bertz CT molecular complexity index is 1490. The fraction of sp³-hybridized carbons (Fsp3) is 0.412. The molecular weight excluding hydrogens is 654 g/mol. The lowest BCUT2D eigenvalue weighted by atomic mass is 9.94. The topological polar surface area (TPSA) is 85.9 Å². The van der Waals surface area contributed by atoms with Crippen LogP contribution >= 0.6 is 23.2 Å². The molecule has 252 valence electrons. The van der Waals surface area contributed by atoms with E-state index in [0.29, 0.717) is 42.8 Å². The zero-order valence-corrected chi connectivity index (χ0v) is 27.7. The number of hydrogen-bond acceptors (Lipinski definition) is 6. The highest BCUT2D eigenvalue weighted by Gasteiger charge is 2.55. The summed E-state index contributed by atoms with van der Waals surface area (Å²) in [6, 6.07) is 16.6. The van der Waals surface area contributed by atoms with E-state index in [1.54, 1.807) is 36.1 Å². The maximum Gasteiger partial charge on any atom is 0.416 e. The molecule has 3 N–H and O–H groups in total. The first-order valence-electron chi connectivity index (χ1n) is 15.6. The van der Waals surface area contributed by atoms with Crippen molar-refractivity contribution in [1.82, 2.24) is 25.8 Å². The highest BCUT2D eigenvalue weighted by molar-refractivity contribution is 6.30. The molecule has 2 atom stereocenters. The molecule has 2 heterocycles. The number of halogens is 5. The van der Waals surface area contributed by atoms with Gasteiger partial charge in [0.25, 0.3) is 5.91 Å². The third-order valence-electron chi connectivity index (χ3n) is 8.47. The Labute approximate surface area is 282 Å². The van der Waals surface area contributed by atoms with Gasteiger partial charge < -0.3 is 15.0 Å². The molecule has 3 aromatic rings. The monoisotopic (exact) mass is 691 g/mol. The van der Waals surface area contributed by atoms with Crippen molar-refractivity contribution in [1.29, 1.82) is 0 Å². The number of carbonyl (C=O) groups excluding carboxylic acids is 2. The fourth-order valence-corrected chi connectivity index (χ4v) is 6.37. The maximum atomic E-state index is 14.9. The number of benzene rings is 3. The number of amides is 2. The molecule has 2 unspecified atom stereocenters. The zero-order chi connectivity index (χ0) is 33.8. The van der Waals surface area contributed by atoms with Gasteiger partial charge in [-0.05, 0) is 60.9 Å². The van der Waals surface area contributed by atoms with Crippen molar-refractivity contribution < 1.29 is 27.5 Å². The summed E-state index contributed by atoms with van der Waals surface area (Å²) in [6.45, 7) is 6.08. The minimum atomic E-state index is -4.62. The molecule has 2 saturated heterocycles. The minimum Gasteiger partial charge on any atom is -0.493 e. The highest BCUT2D eigenvalue weighted by atomic mass is 35.5. The van der Waals surface area contributed by atoms with Crippen molar-refractivity contribution in [2.45, 2.75) is 44.2 Å². The van der Waals surface area contributed by atoms with Gasteiger partial charge in [-0.25, -0.2) is 0 Å². The molecule has 8 nitrogen and oxygen atoms in total. The standard InChI is InChI=1S/C34H38Cl2F3N5O3/c1-3-15-40-29(45)21-43-16-18-44(19-17-43)32(46)33(27-14-9-24(34(37,38)39)20-28(27)47-4-2)41-30(22-5-10-25(35)11-6-22)31(42-33)23-7-12-26(36)13-8-23/h5-14,20,30-31,41-42H,3-4,15-19,21H2,1-2H3,(H,40,45). The van der Waals surface area contributed by atoms with Gasteiger partial charge >= 0.3 is 6.18 Å². The molecule has 0 aliphatic carbocycles. The summed E-state index contributed by atoms with van der Waals surface area (Å²) >= 11 is 12.4. The molecular formula is C34H38Cl2F3N5O3. The number of alkyl halides is 3. The minimum absolute atomic E-state index is 0.0616. The van der Waals surface area contributed by atoms with Gasteiger partial charge in [0.05, 0.1) is 30.8 Å². The summed E-state index contributed by atoms with van der Waals surface area (Å²) in [4.78, 5) is 30.9. The number of rotatable bonds is 10. The SMILES string of the molecule is CCCNC(=O)CN1CCN(C(=O)C2(c3ccc(C(F)(F)F)cc3OCC)NC(c3ccc(Cl)cc3)C(c3ccc(Cl)cc3)N2)CC1. The lowest BCUT2D eigenvalue weighted by Crippen LogP contribution is -2.62. The Hall–Kier alpha value is -3.35. The summed E-state index contributed by atoms with van der Waals surface area (Å²) in [5.41, 5.74) is -0.726. The normalized spacial score (nSPS) is 21.9. The third kappa shape index (κ3) is 7.87. The Morgan fingerprint density at radius 3 is 1.94 bits per heavy atom. The van der Waals surface area contributed by atoms with Crippen LogP contribution in [0.15, 0.2) is 66.7 Å². The molecule has 2 fully saturated rings. The Morgan fingerprint density at radius 1 is 0.894 bits per heavy atom. The largest absolute Gasteiger partial charge is 0.493 e. The van der Waals surface area contributed by atoms with Crippen LogP contribution in [0, 0.1) is 0 Å². The van der Waals surface area contributed by atoms with E-state index in [4.69, 9.17) is 27.9 Å². The van der Waals surface area contributed by atoms with Crippen LogP contribution in [0.5, 0.6) is 5.75 Å². The van der Waals surface area contributed by atoms with E-state index < -0.39 is 29.5 Å². The number of hydrogen-bond donors (Lipinski definition) is 3. The maximum absolute atomic E-state index is 14.9. The van der Waals surface area contributed by atoms with Crippen LogP contribution in [0.4, 0.5) is 13.2 Å². The second-order valence-electron chi connectivity index (χ2n) is 11.7. The second-order valence-corrected chi connectivity index (χ2v) is 12.5. The van der Waals surface area contributed by atoms with Crippen LogP contribution in [0.2, 0.25) is 10.0 Å². The molecule has 0 bridgehead atoms. The molecule has 13 heteroatoms. The summed E-state index contributed by atoms with van der Waals surface area (Å²) in [6.07, 6.45) is -3.78. The molecule has 0 saturated carbocycles. The van der Waals surface area contributed by atoms with Crippen LogP contribution in [0.25, 0.3) is 0 Å². The van der Waals surface area contributed by atoms with Gasteiger partial charge in [0.15, 0.2) is 5.66 Å². The van der Waals surface area contributed by atoms with E-state index in [2.05, 4.69) is 16.0 Å². The first-order chi connectivity index (χ1) is 22.4. The van der Waals surface area contributed by atoms with Gasteiger partial charge in [0.2, 0.25) is 5.91 Å². The Balaban J connectivity index is 1.57. The molecule has 0 aromatic heterocycles. The molecule has 2 aliphatic rings. The number of carbonyl (C=O) groups is 2. The van der Waals surface area contributed by atoms with Crippen LogP contribution in [-0.4, -0.2) is 67.5 Å². The van der Waals surface area contributed by atoms with E-state index in [1.807, 2.05) is 36.1 Å². The summed E-state index contributed by atoms with van der Waals surface area (Å²) < 4.78 is 47.4. The van der Waals surface area contributed by atoms with Crippen LogP contribution in [0.1, 0.15) is 54.6 Å². The van der Waals surface area contributed by atoms with Crippen molar-refractivity contribution in [2.75, 3.05) is 45.9 Å². The van der Waals surface area contributed by atoms with Crippen LogP contribution in [0.3, 0.4) is 0 Å². The molecule has 5 rings (SSSR count). The van der Waals surface area contributed by atoms with Crippen LogP contribution < -0.4 is 20.7 Å². The molecule has 0 spiro atoms. The Kier molecular flexibility index (Phi) is 11.0. The Morgan fingerprint density at radius 2 is 1.45 bits per heavy atom. The van der Waals surface area contributed by atoms with E-state index in [9.17, 15) is 22.8 Å². The lowest BCUT2D eigenvalue weighted by molar-refractivity contribution is -0.141. The van der Waals surface area contributed by atoms with Gasteiger partial charge in [-0.15, -0.1) is 0 Å². The van der Waals surface area contributed by atoms with Gasteiger partial charge in [0, 0.05) is 48.3 Å². The van der Waals surface area contributed by atoms with E-state index in [1.165, 1.54) is 6.07 Å². The highest BCUT2D eigenvalue weighted by Crippen LogP contribution is 2.46. The van der Waals surface area contributed by atoms with Crippen molar-refractivity contribution in [2.24, 2.45) is 0 Å². The quantitative estimate of drug-likeness (QED) is 0.245. The smallest absolute Gasteiger partial charge is 0.416 e.